The van der Waals surface area contributed by atoms with E-state index in [0.717, 1.165) is 21.3 Å². The van der Waals surface area contributed by atoms with Gasteiger partial charge in [0.15, 0.2) is 16.6 Å². The Kier molecular flexibility index (Phi) is 3.72. The zero-order valence-electron chi connectivity index (χ0n) is 9.89. The lowest BCUT2D eigenvalue weighted by Crippen LogP contribution is -2.15. The topological polar surface area (TPSA) is 57.4 Å². The zero-order valence-corrected chi connectivity index (χ0v) is 12.3. The Labute approximate surface area is 123 Å². The van der Waals surface area contributed by atoms with E-state index in [-0.39, 0.29) is 0 Å². The largest absolute Gasteiger partial charge is 0.486 e. The summed E-state index contributed by atoms with van der Waals surface area (Å²) < 4.78 is 12.1. The molecule has 2 heterocycles. The summed E-state index contributed by atoms with van der Waals surface area (Å²) in [5.41, 5.74) is 6.69. The van der Waals surface area contributed by atoms with Crippen LogP contribution >= 0.6 is 34.7 Å². The molecule has 3 rings (SSSR count). The lowest BCUT2D eigenvalue weighted by Gasteiger charge is -2.20. The number of nitrogen functional groups attached to an aromatic ring is 1. The van der Waals surface area contributed by atoms with E-state index in [2.05, 4.69) is 4.98 Å². The molecule has 0 saturated carbocycles. The first kappa shape index (κ1) is 12.9. The van der Waals surface area contributed by atoms with E-state index in [4.69, 9.17) is 26.8 Å². The summed E-state index contributed by atoms with van der Waals surface area (Å²) in [5, 5.41) is 1.18. The van der Waals surface area contributed by atoms with Gasteiger partial charge >= 0.3 is 0 Å². The van der Waals surface area contributed by atoms with Gasteiger partial charge in [-0.3, -0.25) is 0 Å². The van der Waals surface area contributed by atoms with E-state index in [1.165, 1.54) is 11.3 Å². The van der Waals surface area contributed by atoms with E-state index < -0.39 is 0 Å². The summed E-state index contributed by atoms with van der Waals surface area (Å²) in [6.45, 7) is 1.10. The number of halogens is 1. The first-order valence-corrected chi connectivity index (χ1v) is 7.82. The molecule has 2 aromatic rings. The molecule has 1 aromatic carbocycles. The second kappa shape index (κ2) is 5.48. The molecule has 2 N–H and O–H groups in total. The van der Waals surface area contributed by atoms with Gasteiger partial charge in [-0.25, -0.2) is 4.98 Å². The molecule has 0 radical (unpaired) electrons. The van der Waals surface area contributed by atoms with Gasteiger partial charge in [0, 0.05) is 5.75 Å². The number of aromatic nitrogens is 1. The fraction of sp³-hybridized carbons (Fsp3) is 0.250. The van der Waals surface area contributed by atoms with Crippen LogP contribution in [0.15, 0.2) is 22.5 Å². The maximum atomic E-state index is 6.19. The van der Waals surface area contributed by atoms with E-state index in [1.807, 2.05) is 12.1 Å². The minimum Gasteiger partial charge on any atom is -0.486 e. The van der Waals surface area contributed by atoms with Crippen LogP contribution in [0.5, 0.6) is 11.5 Å². The molecule has 0 aliphatic carbocycles. The Balaban J connectivity index is 1.76. The predicted molar refractivity (Wildman–Crippen MR) is 78.5 cm³/mol. The van der Waals surface area contributed by atoms with E-state index in [9.17, 15) is 0 Å². The van der Waals surface area contributed by atoms with Crippen molar-refractivity contribution in [2.24, 2.45) is 0 Å². The minimum absolute atomic E-state index is 0.543. The van der Waals surface area contributed by atoms with E-state index >= 15 is 0 Å². The van der Waals surface area contributed by atoms with Gasteiger partial charge < -0.3 is 15.2 Å². The molecule has 1 aliphatic heterocycles. The first-order valence-electron chi connectivity index (χ1n) is 5.64. The fourth-order valence-corrected chi connectivity index (χ4v) is 3.72. The van der Waals surface area contributed by atoms with Crippen LogP contribution in [-0.2, 0) is 5.75 Å². The van der Waals surface area contributed by atoms with Crippen molar-refractivity contribution in [3.05, 3.63) is 28.9 Å². The average Bonchev–Trinajstić information content (AvgIpc) is 2.82. The number of fused-ring (bicyclic) bond motifs is 1. The molecule has 0 fully saturated rings. The summed E-state index contributed by atoms with van der Waals surface area (Å²) in [5.74, 6) is 2.15. The summed E-state index contributed by atoms with van der Waals surface area (Å²) in [7, 11) is 0. The number of rotatable bonds is 3. The van der Waals surface area contributed by atoms with Crippen molar-refractivity contribution in [2.45, 2.75) is 9.96 Å². The highest BCUT2D eigenvalue weighted by atomic mass is 35.5. The van der Waals surface area contributed by atoms with Crippen LogP contribution in [0.4, 0.5) is 5.13 Å². The standard InChI is InChI=1S/C12H11ClN2O2S2/c13-8-3-7(4-9-11(8)17-2-1-16-9)6-18-10-5-15-12(14)19-10/h3-5H,1-2,6H2,(H2,14,15). The number of benzene rings is 1. The molecule has 100 valence electrons. The van der Waals surface area contributed by atoms with Gasteiger partial charge in [-0.05, 0) is 17.7 Å². The first-order chi connectivity index (χ1) is 9.22. The number of thiazole rings is 1. The highest BCUT2D eigenvalue weighted by molar-refractivity contribution is 8.00. The highest BCUT2D eigenvalue weighted by Crippen LogP contribution is 2.40. The van der Waals surface area contributed by atoms with Gasteiger partial charge in [-0.1, -0.05) is 22.9 Å². The Morgan fingerprint density at radius 3 is 3.00 bits per heavy atom. The SMILES string of the molecule is Nc1ncc(SCc2cc(Cl)c3c(c2)OCCO3)s1. The van der Waals surface area contributed by atoms with Crippen molar-refractivity contribution in [3.63, 3.8) is 0 Å². The lowest BCUT2D eigenvalue weighted by molar-refractivity contribution is 0.171. The van der Waals surface area contributed by atoms with Crippen LogP contribution in [0.1, 0.15) is 5.56 Å². The molecule has 4 nitrogen and oxygen atoms in total. The van der Waals surface area contributed by atoms with Crippen molar-refractivity contribution < 1.29 is 9.47 Å². The molecular formula is C12H11ClN2O2S2. The van der Waals surface area contributed by atoms with Crippen LogP contribution in [-0.4, -0.2) is 18.2 Å². The van der Waals surface area contributed by atoms with E-state index in [0.29, 0.717) is 29.1 Å². The normalized spacial score (nSPS) is 13.5. The van der Waals surface area contributed by atoms with Crippen molar-refractivity contribution >= 4 is 39.8 Å². The maximum Gasteiger partial charge on any atom is 0.181 e. The van der Waals surface area contributed by atoms with Crippen LogP contribution in [0.25, 0.3) is 0 Å². The number of thioether (sulfide) groups is 1. The zero-order chi connectivity index (χ0) is 13.2. The van der Waals surface area contributed by atoms with Gasteiger partial charge in [0.05, 0.1) is 15.4 Å². The third kappa shape index (κ3) is 2.91. The molecule has 19 heavy (non-hydrogen) atoms. The van der Waals surface area contributed by atoms with Crippen LogP contribution in [0.3, 0.4) is 0 Å². The number of nitrogens with two attached hydrogens (primary N) is 1. The second-order valence-corrected chi connectivity index (χ2v) is 6.65. The molecule has 1 aromatic heterocycles. The van der Waals surface area contributed by atoms with Gasteiger partial charge in [0.2, 0.25) is 0 Å². The van der Waals surface area contributed by atoms with Crippen LogP contribution < -0.4 is 15.2 Å². The lowest BCUT2D eigenvalue weighted by atomic mass is 10.2. The summed E-state index contributed by atoms with van der Waals surface area (Å²) in [6.07, 6.45) is 1.78. The van der Waals surface area contributed by atoms with Crippen molar-refractivity contribution in [1.82, 2.24) is 4.98 Å². The number of anilines is 1. The Morgan fingerprint density at radius 1 is 1.37 bits per heavy atom. The quantitative estimate of drug-likeness (QED) is 0.879. The molecular weight excluding hydrogens is 304 g/mol. The molecule has 0 bridgehead atoms. The predicted octanol–water partition coefficient (Wildman–Crippen LogP) is 3.44. The Hall–Kier alpha value is -1.11. The maximum absolute atomic E-state index is 6.19. The molecule has 1 aliphatic rings. The fourth-order valence-electron chi connectivity index (χ4n) is 1.74. The molecule has 0 atom stereocenters. The Bertz CT molecular complexity index is 603. The molecule has 0 spiro atoms. The van der Waals surface area contributed by atoms with Crippen LogP contribution in [0, 0.1) is 0 Å². The van der Waals surface area contributed by atoms with Gasteiger partial charge in [-0.15, -0.1) is 11.8 Å². The van der Waals surface area contributed by atoms with Crippen molar-refractivity contribution in [1.29, 1.82) is 0 Å². The van der Waals surface area contributed by atoms with E-state index in [1.54, 1.807) is 18.0 Å². The van der Waals surface area contributed by atoms with Gasteiger partial charge in [0.1, 0.15) is 13.2 Å². The minimum atomic E-state index is 0.543. The molecule has 0 amide bonds. The summed E-state index contributed by atoms with van der Waals surface area (Å²) >= 11 is 9.34. The number of hydrogen-bond acceptors (Lipinski definition) is 6. The third-order valence-electron chi connectivity index (χ3n) is 2.54. The number of ether oxygens (including phenoxy) is 2. The van der Waals surface area contributed by atoms with Crippen molar-refractivity contribution in [3.8, 4) is 11.5 Å². The smallest absolute Gasteiger partial charge is 0.181 e. The third-order valence-corrected chi connectivity index (χ3v) is 4.91. The monoisotopic (exact) mass is 314 g/mol. The second-order valence-electron chi connectivity index (χ2n) is 3.91. The van der Waals surface area contributed by atoms with Gasteiger partial charge in [-0.2, -0.15) is 0 Å². The summed E-state index contributed by atoms with van der Waals surface area (Å²) in [4.78, 5) is 4.02. The average molecular weight is 315 g/mol. The molecule has 7 heteroatoms. The summed E-state index contributed by atoms with van der Waals surface area (Å²) in [6, 6.07) is 3.88. The number of hydrogen-bond donors (Lipinski definition) is 1. The highest BCUT2D eigenvalue weighted by Gasteiger charge is 2.16. The number of nitrogens with zero attached hydrogens (tertiary/aromatic N) is 1. The van der Waals surface area contributed by atoms with Crippen LogP contribution in [0.2, 0.25) is 5.02 Å². The van der Waals surface area contributed by atoms with Gasteiger partial charge in [0.25, 0.3) is 0 Å². The Morgan fingerprint density at radius 2 is 2.21 bits per heavy atom. The van der Waals surface area contributed by atoms with Crippen molar-refractivity contribution in [2.75, 3.05) is 18.9 Å². The molecule has 0 saturated heterocycles. The molecule has 0 unspecified atom stereocenters.